The molecule has 7 heteroatoms. The van der Waals surface area contributed by atoms with Crippen LogP contribution in [0.4, 0.5) is 0 Å². The zero-order valence-corrected chi connectivity index (χ0v) is 19.4. The molecule has 3 aromatic carbocycles. The topological polar surface area (TPSA) is 66.5 Å². The summed E-state index contributed by atoms with van der Waals surface area (Å²) in [5.74, 6) is -0.364. The van der Waals surface area contributed by atoms with Crippen molar-refractivity contribution in [1.29, 1.82) is 0 Å². The molecule has 0 radical (unpaired) electrons. The Bertz CT molecular complexity index is 1220. The SMILES string of the molecule is Cc1ccccc1[C@H](NC(=O)c1ccc(Cl)c(S(=O)(=O)N2CCCC2)c1)c1ccccc1. The highest BCUT2D eigenvalue weighted by molar-refractivity contribution is 7.89. The zero-order chi connectivity index (χ0) is 22.7. The van der Waals surface area contributed by atoms with Crippen LogP contribution in [0, 0.1) is 6.92 Å². The van der Waals surface area contributed by atoms with Gasteiger partial charge in [0.2, 0.25) is 10.0 Å². The molecule has 0 aliphatic carbocycles. The lowest BCUT2D eigenvalue weighted by atomic mass is 9.94. The normalized spacial score (nSPS) is 15.4. The standard InChI is InChI=1S/C25H25ClN2O3S/c1-18-9-5-6-12-21(18)24(19-10-3-2-4-11-19)27-25(29)20-13-14-22(26)23(17-20)32(30,31)28-15-7-8-16-28/h2-6,9-14,17,24H,7-8,15-16H2,1H3,(H,27,29)/t24-/m1/s1. The van der Waals surface area contributed by atoms with Gasteiger partial charge in [-0.15, -0.1) is 0 Å². The molecule has 5 nitrogen and oxygen atoms in total. The van der Waals surface area contributed by atoms with Gasteiger partial charge in [0.05, 0.1) is 11.1 Å². The van der Waals surface area contributed by atoms with Crippen LogP contribution in [0.15, 0.2) is 77.7 Å². The Morgan fingerprint density at radius 2 is 1.62 bits per heavy atom. The molecule has 4 rings (SSSR count). The van der Waals surface area contributed by atoms with E-state index in [1.54, 1.807) is 6.07 Å². The first-order chi connectivity index (χ1) is 15.4. The van der Waals surface area contributed by atoms with E-state index in [-0.39, 0.29) is 27.4 Å². The van der Waals surface area contributed by atoms with E-state index in [9.17, 15) is 13.2 Å². The molecule has 1 heterocycles. The maximum atomic E-state index is 13.3. The smallest absolute Gasteiger partial charge is 0.252 e. The predicted molar refractivity (Wildman–Crippen MR) is 126 cm³/mol. The highest BCUT2D eigenvalue weighted by Gasteiger charge is 2.30. The van der Waals surface area contributed by atoms with Gasteiger partial charge in [0.15, 0.2) is 0 Å². The molecule has 0 aromatic heterocycles. The lowest BCUT2D eigenvalue weighted by Gasteiger charge is -2.22. The number of sulfonamides is 1. The number of carbonyl (C=O) groups excluding carboxylic acids is 1. The van der Waals surface area contributed by atoms with Gasteiger partial charge in [-0.3, -0.25) is 4.79 Å². The first-order valence-corrected chi connectivity index (χ1v) is 12.4. The van der Waals surface area contributed by atoms with Gasteiger partial charge in [0.1, 0.15) is 4.90 Å². The summed E-state index contributed by atoms with van der Waals surface area (Å²) < 4.78 is 27.5. The second kappa shape index (κ2) is 9.45. The summed E-state index contributed by atoms with van der Waals surface area (Å²) in [6.07, 6.45) is 1.65. The Balaban J connectivity index is 1.68. The summed E-state index contributed by atoms with van der Waals surface area (Å²) in [5, 5.41) is 3.20. The van der Waals surface area contributed by atoms with E-state index in [0.717, 1.165) is 29.5 Å². The van der Waals surface area contributed by atoms with Crippen LogP contribution in [0.5, 0.6) is 0 Å². The maximum absolute atomic E-state index is 13.3. The third-order valence-corrected chi connectivity index (χ3v) is 8.16. The Kier molecular flexibility index (Phi) is 6.65. The molecule has 0 bridgehead atoms. The molecular weight excluding hydrogens is 444 g/mol. The minimum absolute atomic E-state index is 0.0270. The molecular formula is C25H25ClN2O3S. The fourth-order valence-electron chi connectivity index (χ4n) is 4.02. The number of nitrogens with zero attached hydrogens (tertiary/aromatic N) is 1. The van der Waals surface area contributed by atoms with Crippen molar-refractivity contribution in [2.45, 2.75) is 30.7 Å². The second-order valence-electron chi connectivity index (χ2n) is 7.93. The first kappa shape index (κ1) is 22.5. The zero-order valence-electron chi connectivity index (χ0n) is 17.8. The van der Waals surface area contributed by atoms with Crippen molar-refractivity contribution < 1.29 is 13.2 Å². The van der Waals surface area contributed by atoms with Gasteiger partial charge >= 0.3 is 0 Å². The minimum atomic E-state index is -3.74. The van der Waals surface area contributed by atoms with Crippen LogP contribution in [0.3, 0.4) is 0 Å². The highest BCUT2D eigenvalue weighted by atomic mass is 35.5. The van der Waals surface area contributed by atoms with E-state index in [4.69, 9.17) is 11.6 Å². The molecule has 166 valence electrons. The molecule has 1 aliphatic heterocycles. The van der Waals surface area contributed by atoms with Crippen molar-refractivity contribution in [2.24, 2.45) is 0 Å². The fraction of sp³-hybridized carbons (Fsp3) is 0.240. The molecule has 0 spiro atoms. The first-order valence-electron chi connectivity index (χ1n) is 10.6. The van der Waals surface area contributed by atoms with Crippen LogP contribution in [0.25, 0.3) is 0 Å². The van der Waals surface area contributed by atoms with Crippen LogP contribution >= 0.6 is 11.6 Å². The number of amides is 1. The Morgan fingerprint density at radius 3 is 2.31 bits per heavy atom. The van der Waals surface area contributed by atoms with E-state index in [0.29, 0.717) is 13.1 Å². The fourth-order valence-corrected chi connectivity index (χ4v) is 6.04. The lowest BCUT2D eigenvalue weighted by molar-refractivity contribution is 0.0942. The number of aryl methyl sites for hydroxylation is 1. The molecule has 1 N–H and O–H groups in total. The van der Waals surface area contributed by atoms with E-state index >= 15 is 0 Å². The van der Waals surface area contributed by atoms with Crippen molar-refractivity contribution in [3.63, 3.8) is 0 Å². The average molecular weight is 469 g/mol. The molecule has 3 aromatic rings. The number of nitrogens with one attached hydrogen (secondary N) is 1. The largest absolute Gasteiger partial charge is 0.341 e. The van der Waals surface area contributed by atoms with Crippen LogP contribution in [-0.4, -0.2) is 31.7 Å². The average Bonchev–Trinajstić information content (AvgIpc) is 3.35. The van der Waals surface area contributed by atoms with Crippen LogP contribution in [0.2, 0.25) is 5.02 Å². The predicted octanol–water partition coefficient (Wildman–Crippen LogP) is 4.95. The molecule has 0 saturated carbocycles. The van der Waals surface area contributed by atoms with Crippen molar-refractivity contribution in [2.75, 3.05) is 13.1 Å². The molecule has 32 heavy (non-hydrogen) atoms. The molecule has 1 amide bonds. The molecule has 1 fully saturated rings. The monoisotopic (exact) mass is 468 g/mol. The third-order valence-electron chi connectivity index (χ3n) is 5.78. The summed E-state index contributed by atoms with van der Waals surface area (Å²) in [6.45, 7) is 2.94. The van der Waals surface area contributed by atoms with Crippen LogP contribution in [0.1, 0.15) is 45.9 Å². The highest BCUT2D eigenvalue weighted by Crippen LogP contribution is 2.29. The van der Waals surface area contributed by atoms with Gasteiger partial charge in [0.25, 0.3) is 5.91 Å². The third kappa shape index (κ3) is 4.58. The van der Waals surface area contributed by atoms with Gasteiger partial charge in [-0.05, 0) is 54.7 Å². The van der Waals surface area contributed by atoms with Crippen LogP contribution < -0.4 is 5.32 Å². The second-order valence-corrected chi connectivity index (χ2v) is 10.2. The van der Waals surface area contributed by atoms with Crippen molar-refractivity contribution in [1.82, 2.24) is 9.62 Å². The number of hydrogen-bond acceptors (Lipinski definition) is 3. The summed E-state index contributed by atoms with van der Waals surface area (Å²) in [5.41, 5.74) is 3.22. The van der Waals surface area contributed by atoms with Gasteiger partial charge in [0, 0.05) is 18.7 Å². The van der Waals surface area contributed by atoms with E-state index in [1.807, 2.05) is 61.5 Å². The number of carbonyl (C=O) groups is 1. The minimum Gasteiger partial charge on any atom is -0.341 e. The Labute approximate surface area is 194 Å². The van der Waals surface area contributed by atoms with Crippen molar-refractivity contribution >= 4 is 27.5 Å². The number of halogens is 1. The maximum Gasteiger partial charge on any atom is 0.252 e. The van der Waals surface area contributed by atoms with Gasteiger partial charge < -0.3 is 5.32 Å². The summed E-state index contributed by atoms with van der Waals surface area (Å²) in [4.78, 5) is 13.2. The Morgan fingerprint density at radius 1 is 0.969 bits per heavy atom. The molecule has 1 saturated heterocycles. The van der Waals surface area contributed by atoms with Crippen molar-refractivity contribution in [3.05, 3.63) is 100 Å². The number of hydrogen-bond donors (Lipinski definition) is 1. The van der Waals surface area contributed by atoms with Gasteiger partial charge in [-0.1, -0.05) is 66.2 Å². The van der Waals surface area contributed by atoms with E-state index in [2.05, 4.69) is 5.32 Å². The number of rotatable bonds is 6. The van der Waals surface area contributed by atoms with Crippen molar-refractivity contribution in [3.8, 4) is 0 Å². The Hall–Kier alpha value is -2.67. The molecule has 1 atom stereocenters. The van der Waals surface area contributed by atoms with E-state index < -0.39 is 10.0 Å². The van der Waals surface area contributed by atoms with Crippen LogP contribution in [-0.2, 0) is 10.0 Å². The van der Waals surface area contributed by atoms with E-state index in [1.165, 1.54) is 16.4 Å². The van der Waals surface area contributed by atoms with Gasteiger partial charge in [-0.2, -0.15) is 4.31 Å². The quantitative estimate of drug-likeness (QED) is 0.556. The lowest BCUT2D eigenvalue weighted by Crippen LogP contribution is -2.31. The number of benzene rings is 3. The summed E-state index contributed by atoms with van der Waals surface area (Å²) >= 11 is 6.24. The molecule has 0 unspecified atom stereocenters. The van der Waals surface area contributed by atoms with Gasteiger partial charge in [-0.25, -0.2) is 8.42 Å². The molecule has 1 aliphatic rings. The summed E-state index contributed by atoms with van der Waals surface area (Å²) in [6, 6.07) is 21.6. The summed E-state index contributed by atoms with van der Waals surface area (Å²) in [7, 11) is -3.74.